The van der Waals surface area contributed by atoms with Gasteiger partial charge in [-0.05, 0) is 72.5 Å². The summed E-state index contributed by atoms with van der Waals surface area (Å²) in [4.78, 5) is 22.2. The topological polar surface area (TPSA) is 117 Å². The van der Waals surface area contributed by atoms with E-state index in [1.54, 1.807) is 42.5 Å². The van der Waals surface area contributed by atoms with Gasteiger partial charge in [0.1, 0.15) is 6.61 Å². The molecule has 0 aromatic heterocycles. The molecule has 7 nitrogen and oxygen atoms in total. The molecule has 0 radical (unpaired) electrons. The molecule has 0 aliphatic carbocycles. The van der Waals surface area contributed by atoms with Crippen molar-refractivity contribution in [2.75, 3.05) is 6.61 Å². The maximum atomic E-state index is 11.1. The van der Waals surface area contributed by atoms with Gasteiger partial charge < -0.3 is 19.7 Å². The molecule has 0 saturated carbocycles. The first-order valence-corrected chi connectivity index (χ1v) is 11.2. The molecule has 3 aromatic carbocycles. The maximum absolute atomic E-state index is 11.1. The molecule has 0 unspecified atom stereocenters. The molecular formula is C29H25NO6. The Hall–Kier alpha value is -4.83. The van der Waals surface area contributed by atoms with Gasteiger partial charge in [-0.15, -0.1) is 6.58 Å². The van der Waals surface area contributed by atoms with Crippen molar-refractivity contribution in [1.82, 2.24) is 0 Å². The van der Waals surface area contributed by atoms with Gasteiger partial charge >= 0.3 is 11.9 Å². The van der Waals surface area contributed by atoms with Gasteiger partial charge in [-0.2, -0.15) is 5.26 Å². The second-order valence-electron chi connectivity index (χ2n) is 7.78. The number of nitriles is 1. The van der Waals surface area contributed by atoms with Crippen LogP contribution in [0.1, 0.15) is 49.9 Å². The minimum absolute atomic E-state index is 0.141. The average molecular weight is 484 g/mol. The van der Waals surface area contributed by atoms with Crippen LogP contribution in [-0.4, -0.2) is 28.8 Å². The summed E-state index contributed by atoms with van der Waals surface area (Å²) < 4.78 is 12.0. The molecule has 0 aliphatic rings. The van der Waals surface area contributed by atoms with Gasteiger partial charge in [-0.3, -0.25) is 0 Å². The number of carboxylic acid groups (broad SMARTS) is 2. The van der Waals surface area contributed by atoms with Crippen LogP contribution < -0.4 is 9.47 Å². The number of ether oxygens (including phenoxy) is 2. The third-order valence-electron chi connectivity index (χ3n) is 5.28. The van der Waals surface area contributed by atoms with E-state index >= 15 is 0 Å². The normalized spacial score (nSPS) is 10.8. The van der Waals surface area contributed by atoms with Crippen LogP contribution in [-0.2, 0) is 13.0 Å². The quantitative estimate of drug-likeness (QED) is 0.199. The minimum atomic E-state index is -1.03. The van der Waals surface area contributed by atoms with Gasteiger partial charge in [0.2, 0.25) is 0 Å². The number of rotatable bonds is 11. The Morgan fingerprint density at radius 1 is 0.944 bits per heavy atom. The van der Waals surface area contributed by atoms with E-state index < -0.39 is 11.9 Å². The van der Waals surface area contributed by atoms with Crippen LogP contribution in [0.2, 0.25) is 0 Å². The lowest BCUT2D eigenvalue weighted by Gasteiger charge is -2.17. The summed E-state index contributed by atoms with van der Waals surface area (Å²) in [7, 11) is 0. The smallest absolute Gasteiger partial charge is 0.335 e. The molecular weight excluding hydrogens is 458 g/mol. The van der Waals surface area contributed by atoms with Crippen LogP contribution in [0.25, 0.3) is 11.6 Å². The number of nitrogens with zero attached hydrogens (tertiary/aromatic N) is 1. The molecule has 7 heteroatoms. The first-order chi connectivity index (χ1) is 17.4. The number of carbonyl (C=O) groups is 2. The van der Waals surface area contributed by atoms with Crippen molar-refractivity contribution in [3.63, 3.8) is 0 Å². The Morgan fingerprint density at radius 2 is 1.53 bits per heavy atom. The first-order valence-electron chi connectivity index (χ1n) is 11.2. The van der Waals surface area contributed by atoms with E-state index in [0.29, 0.717) is 41.2 Å². The van der Waals surface area contributed by atoms with Crippen molar-refractivity contribution in [2.24, 2.45) is 0 Å². The van der Waals surface area contributed by atoms with Gasteiger partial charge in [0, 0.05) is 5.56 Å². The Balaban J connectivity index is 1.96. The standard InChI is InChI=1S/C29H25NO6/c1-3-5-24-14-20(15-25(17-30)21-10-12-23(13-11-21)29(33)34)16-26(35-4-2)27(24)36-18-19-6-8-22(9-7-19)28(31)32/h3,6-16H,1,4-5,18H2,2H3,(H,31,32)(H,33,34). The number of benzene rings is 3. The fourth-order valence-corrected chi connectivity index (χ4v) is 3.54. The average Bonchev–Trinajstić information content (AvgIpc) is 2.87. The van der Waals surface area contributed by atoms with E-state index in [1.165, 1.54) is 24.3 Å². The minimum Gasteiger partial charge on any atom is -0.490 e. The van der Waals surface area contributed by atoms with Crippen LogP contribution in [0.4, 0.5) is 0 Å². The van der Waals surface area contributed by atoms with Crippen LogP contribution in [0.15, 0.2) is 73.3 Å². The second-order valence-corrected chi connectivity index (χ2v) is 7.78. The second kappa shape index (κ2) is 12.0. The highest BCUT2D eigenvalue weighted by Gasteiger charge is 2.14. The van der Waals surface area contributed by atoms with Crippen molar-refractivity contribution in [2.45, 2.75) is 20.0 Å². The molecule has 0 fully saturated rings. The highest BCUT2D eigenvalue weighted by Crippen LogP contribution is 2.36. The predicted molar refractivity (Wildman–Crippen MR) is 136 cm³/mol. The Morgan fingerprint density at radius 3 is 2.06 bits per heavy atom. The highest BCUT2D eigenvalue weighted by molar-refractivity contribution is 5.92. The fraction of sp³-hybridized carbons (Fsp3) is 0.138. The lowest BCUT2D eigenvalue weighted by atomic mass is 10.00. The number of aromatic carboxylic acids is 2. The van der Waals surface area contributed by atoms with E-state index in [4.69, 9.17) is 19.7 Å². The highest BCUT2D eigenvalue weighted by atomic mass is 16.5. The fourth-order valence-electron chi connectivity index (χ4n) is 3.54. The first kappa shape index (κ1) is 25.8. The number of carboxylic acids is 2. The van der Waals surface area contributed by atoms with Gasteiger partial charge in [-0.25, -0.2) is 9.59 Å². The summed E-state index contributed by atoms with van der Waals surface area (Å²) in [6, 6.07) is 18.4. The monoisotopic (exact) mass is 483 g/mol. The van der Waals surface area contributed by atoms with Crippen LogP contribution >= 0.6 is 0 Å². The molecule has 0 amide bonds. The number of hydrogen-bond acceptors (Lipinski definition) is 5. The molecule has 0 atom stereocenters. The van der Waals surface area contributed by atoms with E-state index in [-0.39, 0.29) is 17.7 Å². The zero-order valence-electron chi connectivity index (χ0n) is 19.7. The zero-order chi connectivity index (χ0) is 26.1. The summed E-state index contributed by atoms with van der Waals surface area (Å²) in [5, 5.41) is 27.9. The van der Waals surface area contributed by atoms with Gasteiger partial charge in [0.15, 0.2) is 11.5 Å². The van der Waals surface area contributed by atoms with Crippen LogP contribution in [0, 0.1) is 11.3 Å². The van der Waals surface area contributed by atoms with Crippen molar-refractivity contribution in [1.29, 1.82) is 5.26 Å². The SMILES string of the molecule is C=CCc1cc(C=C(C#N)c2ccc(C(=O)O)cc2)cc(OCC)c1OCc1ccc(C(=O)O)cc1. The van der Waals surface area contributed by atoms with E-state index in [1.807, 2.05) is 13.0 Å². The molecule has 0 saturated heterocycles. The lowest BCUT2D eigenvalue weighted by molar-refractivity contribution is 0.0686. The summed E-state index contributed by atoms with van der Waals surface area (Å²) in [6.45, 7) is 6.28. The Labute approximate surface area is 209 Å². The van der Waals surface area contributed by atoms with E-state index in [9.17, 15) is 14.9 Å². The predicted octanol–water partition coefficient (Wildman–Crippen LogP) is 5.85. The van der Waals surface area contributed by atoms with Gasteiger partial charge in [0.25, 0.3) is 0 Å². The molecule has 2 N–H and O–H groups in total. The molecule has 36 heavy (non-hydrogen) atoms. The van der Waals surface area contributed by atoms with Crippen molar-refractivity contribution in [3.8, 4) is 17.6 Å². The Kier molecular flexibility index (Phi) is 8.63. The molecule has 0 aliphatic heterocycles. The third-order valence-corrected chi connectivity index (χ3v) is 5.28. The zero-order valence-corrected chi connectivity index (χ0v) is 19.7. The van der Waals surface area contributed by atoms with Crippen LogP contribution in [0.5, 0.6) is 11.5 Å². The summed E-state index contributed by atoms with van der Waals surface area (Å²) in [5.41, 5.74) is 3.62. The Bertz CT molecular complexity index is 1330. The summed E-state index contributed by atoms with van der Waals surface area (Å²) in [5.74, 6) is -0.982. The summed E-state index contributed by atoms with van der Waals surface area (Å²) in [6.07, 6.45) is 3.94. The van der Waals surface area contributed by atoms with Crippen molar-refractivity contribution in [3.05, 3.63) is 107 Å². The molecule has 3 rings (SSSR count). The van der Waals surface area contributed by atoms with Crippen molar-refractivity contribution >= 4 is 23.6 Å². The number of hydrogen-bond donors (Lipinski definition) is 2. The third kappa shape index (κ3) is 6.39. The van der Waals surface area contributed by atoms with Crippen molar-refractivity contribution < 1.29 is 29.3 Å². The van der Waals surface area contributed by atoms with E-state index in [2.05, 4.69) is 12.6 Å². The molecule has 0 heterocycles. The maximum Gasteiger partial charge on any atom is 0.335 e. The molecule has 182 valence electrons. The van der Waals surface area contributed by atoms with E-state index in [0.717, 1.165) is 11.1 Å². The van der Waals surface area contributed by atoms with Crippen LogP contribution in [0.3, 0.4) is 0 Å². The van der Waals surface area contributed by atoms with Gasteiger partial charge in [0.05, 0.1) is 29.4 Å². The molecule has 0 spiro atoms. The lowest BCUT2D eigenvalue weighted by Crippen LogP contribution is -2.04. The summed E-state index contributed by atoms with van der Waals surface area (Å²) >= 11 is 0. The van der Waals surface area contributed by atoms with Gasteiger partial charge in [-0.1, -0.05) is 30.3 Å². The molecule has 0 bridgehead atoms. The number of allylic oxidation sites excluding steroid dienone is 2. The molecule has 3 aromatic rings. The largest absolute Gasteiger partial charge is 0.490 e.